The highest BCUT2D eigenvalue weighted by Crippen LogP contribution is 2.55. The highest BCUT2D eigenvalue weighted by atomic mass is 15.2. The van der Waals surface area contributed by atoms with Crippen LogP contribution in [0.2, 0.25) is 0 Å². The van der Waals surface area contributed by atoms with Gasteiger partial charge >= 0.3 is 0 Å². The van der Waals surface area contributed by atoms with Gasteiger partial charge in [0, 0.05) is 33.1 Å². The van der Waals surface area contributed by atoms with E-state index < -0.39 is 0 Å². The smallest absolute Gasteiger partial charge is 0.0561 e. The normalized spacial score (nSPS) is 12.6. The topological polar surface area (TPSA) is 8.17 Å². The van der Waals surface area contributed by atoms with Gasteiger partial charge in [0.25, 0.3) is 0 Å². The van der Waals surface area contributed by atoms with Crippen molar-refractivity contribution in [2.75, 3.05) is 4.90 Å². The molecule has 1 aliphatic carbocycles. The first-order valence-electron chi connectivity index (χ1n) is 21.2. The SMILES string of the molecule is CC1(C)c2ccccc2-c2cccc(N(c3ccc4c5ccccc5n(-c5ccccc5)c4c3)c3ccccc3C(=C(c3ccccc3)c3ccccc3)c3ccccc3)c21. The van der Waals surface area contributed by atoms with Crippen molar-refractivity contribution in [2.24, 2.45) is 0 Å². The van der Waals surface area contributed by atoms with Crippen LogP contribution in [-0.2, 0) is 5.41 Å². The van der Waals surface area contributed by atoms with Crippen molar-refractivity contribution >= 4 is 50.0 Å². The van der Waals surface area contributed by atoms with Crippen LogP contribution < -0.4 is 4.90 Å². The molecule has 0 saturated heterocycles. The maximum Gasteiger partial charge on any atom is 0.0561 e. The fraction of sp³-hybridized carbons (Fsp3) is 0.0508. The number of fused-ring (bicyclic) bond motifs is 6. The predicted molar refractivity (Wildman–Crippen MR) is 257 cm³/mol. The van der Waals surface area contributed by atoms with Crippen molar-refractivity contribution in [1.82, 2.24) is 4.57 Å². The number of aromatic nitrogens is 1. The van der Waals surface area contributed by atoms with Crippen LogP contribution in [0, 0.1) is 0 Å². The highest BCUT2D eigenvalue weighted by Gasteiger charge is 2.39. The molecule has 0 bridgehead atoms. The molecule has 0 atom stereocenters. The minimum atomic E-state index is -0.254. The maximum absolute atomic E-state index is 2.55. The molecule has 1 aliphatic rings. The lowest BCUT2D eigenvalue weighted by Gasteiger charge is -2.34. The molecule has 0 saturated carbocycles. The lowest BCUT2D eigenvalue weighted by molar-refractivity contribution is 0.661. The van der Waals surface area contributed by atoms with E-state index in [0.29, 0.717) is 0 Å². The zero-order valence-electron chi connectivity index (χ0n) is 34.3. The fourth-order valence-electron chi connectivity index (χ4n) is 9.95. The van der Waals surface area contributed by atoms with Gasteiger partial charge in [-0.3, -0.25) is 0 Å². The Kier molecular flexibility index (Phi) is 8.86. The summed E-state index contributed by atoms with van der Waals surface area (Å²) in [5.74, 6) is 0. The summed E-state index contributed by atoms with van der Waals surface area (Å²) in [7, 11) is 0. The summed E-state index contributed by atoms with van der Waals surface area (Å²) in [6.07, 6.45) is 0. The molecule has 0 amide bonds. The van der Waals surface area contributed by atoms with Gasteiger partial charge in [0.1, 0.15) is 0 Å². The van der Waals surface area contributed by atoms with Crippen molar-refractivity contribution in [3.8, 4) is 16.8 Å². The van der Waals surface area contributed by atoms with E-state index in [1.54, 1.807) is 0 Å². The molecule has 0 radical (unpaired) electrons. The quantitative estimate of drug-likeness (QED) is 0.139. The van der Waals surface area contributed by atoms with Crippen molar-refractivity contribution in [2.45, 2.75) is 19.3 Å². The average molecular weight is 781 g/mol. The number of nitrogens with zero attached hydrogens (tertiary/aromatic N) is 2. The van der Waals surface area contributed by atoms with Crippen LogP contribution >= 0.6 is 0 Å². The number of hydrogen-bond donors (Lipinski definition) is 0. The van der Waals surface area contributed by atoms with Crippen molar-refractivity contribution in [3.05, 3.63) is 264 Å². The minimum absolute atomic E-state index is 0.254. The molecule has 2 nitrogen and oxygen atoms in total. The summed E-state index contributed by atoms with van der Waals surface area (Å²) in [4.78, 5) is 2.55. The Morgan fingerprint density at radius 2 is 0.934 bits per heavy atom. The number of benzene rings is 9. The van der Waals surface area contributed by atoms with Crippen molar-refractivity contribution < 1.29 is 0 Å². The lowest BCUT2D eigenvalue weighted by Crippen LogP contribution is -2.21. The zero-order chi connectivity index (χ0) is 40.9. The Hall–Kier alpha value is -7.68. The van der Waals surface area contributed by atoms with E-state index in [2.05, 4.69) is 254 Å². The van der Waals surface area contributed by atoms with Gasteiger partial charge in [0.15, 0.2) is 0 Å². The molecule has 1 aromatic heterocycles. The second-order valence-electron chi connectivity index (χ2n) is 16.5. The first-order chi connectivity index (χ1) is 30.1. The van der Waals surface area contributed by atoms with Gasteiger partial charge in [-0.2, -0.15) is 0 Å². The first-order valence-corrected chi connectivity index (χ1v) is 21.2. The summed E-state index contributed by atoms with van der Waals surface area (Å²) in [6, 6.07) is 84.2. The molecule has 0 N–H and O–H groups in total. The zero-order valence-corrected chi connectivity index (χ0v) is 34.3. The van der Waals surface area contributed by atoms with E-state index in [-0.39, 0.29) is 5.41 Å². The lowest BCUT2D eigenvalue weighted by atomic mass is 9.81. The third kappa shape index (κ3) is 6.02. The summed E-state index contributed by atoms with van der Waals surface area (Å²) < 4.78 is 2.42. The van der Waals surface area contributed by atoms with Gasteiger partial charge in [-0.05, 0) is 92.6 Å². The van der Waals surface area contributed by atoms with Crippen LogP contribution in [0.3, 0.4) is 0 Å². The Bertz CT molecular complexity index is 3210. The minimum Gasteiger partial charge on any atom is -0.309 e. The highest BCUT2D eigenvalue weighted by molar-refractivity contribution is 6.12. The molecule has 0 aliphatic heterocycles. The Balaban J connectivity index is 1.26. The van der Waals surface area contributed by atoms with Crippen molar-refractivity contribution in [3.63, 3.8) is 0 Å². The van der Waals surface area contributed by atoms with Crippen LogP contribution in [0.1, 0.15) is 47.2 Å². The molecule has 2 heteroatoms. The number of hydrogen-bond acceptors (Lipinski definition) is 1. The largest absolute Gasteiger partial charge is 0.309 e. The van der Waals surface area contributed by atoms with Crippen LogP contribution in [0.4, 0.5) is 17.1 Å². The summed E-state index contributed by atoms with van der Waals surface area (Å²) >= 11 is 0. The molecule has 290 valence electrons. The molecule has 9 aromatic carbocycles. The van der Waals surface area contributed by atoms with E-state index in [1.807, 2.05) is 0 Å². The van der Waals surface area contributed by atoms with E-state index >= 15 is 0 Å². The fourth-order valence-corrected chi connectivity index (χ4v) is 9.95. The Labute approximate surface area is 358 Å². The molecule has 1 heterocycles. The number of rotatable bonds is 8. The van der Waals surface area contributed by atoms with E-state index in [9.17, 15) is 0 Å². The van der Waals surface area contributed by atoms with Gasteiger partial charge in [-0.1, -0.05) is 202 Å². The Morgan fingerprint density at radius 3 is 1.64 bits per heavy atom. The molecular formula is C59H44N2. The van der Waals surface area contributed by atoms with Gasteiger partial charge in [-0.15, -0.1) is 0 Å². The second-order valence-corrected chi connectivity index (χ2v) is 16.5. The summed E-state index contributed by atoms with van der Waals surface area (Å²) in [5, 5.41) is 2.46. The first kappa shape index (κ1) is 36.4. The molecule has 61 heavy (non-hydrogen) atoms. The molecule has 11 rings (SSSR count). The van der Waals surface area contributed by atoms with E-state index in [0.717, 1.165) is 33.7 Å². The van der Waals surface area contributed by atoms with Gasteiger partial charge < -0.3 is 9.47 Å². The van der Waals surface area contributed by atoms with Crippen LogP contribution in [-0.4, -0.2) is 4.57 Å². The van der Waals surface area contributed by atoms with Gasteiger partial charge in [0.2, 0.25) is 0 Å². The predicted octanol–water partition coefficient (Wildman–Crippen LogP) is 15.6. The third-order valence-electron chi connectivity index (χ3n) is 12.6. The van der Waals surface area contributed by atoms with E-state index in [1.165, 1.54) is 66.5 Å². The monoisotopic (exact) mass is 780 g/mol. The number of anilines is 3. The molecule has 0 spiro atoms. The third-order valence-corrected chi connectivity index (χ3v) is 12.6. The van der Waals surface area contributed by atoms with E-state index in [4.69, 9.17) is 0 Å². The molecule has 10 aromatic rings. The molecule has 0 unspecified atom stereocenters. The standard InChI is InChI=1S/C59H44N2/c1-59(2)51-34-18-15-30-46(51)49-33-21-37-54(58(49)59)61(45-38-39-48-47-31-16-19-35-52(47)60(55(48)40-45)44-28-13-6-14-29-44)53-36-20-17-32-50(53)57(43-26-11-5-12-27-43)56(41-22-7-3-8-23-41)42-24-9-4-10-25-42/h3-40H,1-2H3. The van der Waals surface area contributed by atoms with Crippen LogP contribution in [0.25, 0.3) is 49.8 Å². The maximum atomic E-state index is 2.55. The summed E-state index contributed by atoms with van der Waals surface area (Å²) in [6.45, 7) is 4.78. The molecule has 0 fully saturated rings. The summed E-state index contributed by atoms with van der Waals surface area (Å²) in [5.41, 5.74) is 18.9. The second kappa shape index (κ2) is 14.9. The van der Waals surface area contributed by atoms with Gasteiger partial charge in [0.05, 0.1) is 22.4 Å². The number of para-hydroxylation sites is 3. The van der Waals surface area contributed by atoms with Crippen molar-refractivity contribution in [1.29, 1.82) is 0 Å². The van der Waals surface area contributed by atoms with Crippen LogP contribution in [0.15, 0.2) is 231 Å². The van der Waals surface area contributed by atoms with Gasteiger partial charge in [-0.25, -0.2) is 0 Å². The average Bonchev–Trinajstić information content (AvgIpc) is 3.78. The van der Waals surface area contributed by atoms with Crippen LogP contribution in [0.5, 0.6) is 0 Å². The Morgan fingerprint density at radius 1 is 0.410 bits per heavy atom. The molecular weight excluding hydrogens is 737 g/mol.